The second kappa shape index (κ2) is 12.5. The predicted octanol–water partition coefficient (Wildman–Crippen LogP) is 3.68. The van der Waals surface area contributed by atoms with Crippen molar-refractivity contribution in [2.24, 2.45) is 0 Å². The molecule has 0 aliphatic heterocycles. The van der Waals surface area contributed by atoms with Crippen molar-refractivity contribution in [1.29, 1.82) is 0 Å². The predicted molar refractivity (Wildman–Crippen MR) is 90.2 cm³/mol. The molecule has 0 saturated carbocycles. The van der Waals surface area contributed by atoms with E-state index in [4.69, 9.17) is 9.05 Å². The molecule has 2 unspecified atom stereocenters. The molecule has 0 heterocycles. The Kier molecular flexibility index (Phi) is 12.5. The number of rotatable bonds is 13. The lowest BCUT2D eigenvalue weighted by molar-refractivity contribution is -0.121. The Morgan fingerprint density at radius 3 is 2.57 bits per heavy atom. The topological polar surface area (TPSA) is 64.6 Å². The van der Waals surface area contributed by atoms with Crippen molar-refractivity contribution < 1.29 is 18.4 Å². The van der Waals surface area contributed by atoms with Gasteiger partial charge in [0.05, 0.1) is 6.61 Å². The minimum atomic E-state index is -2.83. The summed E-state index contributed by atoms with van der Waals surface area (Å²) < 4.78 is 21.3. The van der Waals surface area contributed by atoms with E-state index in [9.17, 15) is 9.36 Å². The lowest BCUT2D eigenvalue weighted by atomic mass is 10.2. The summed E-state index contributed by atoms with van der Waals surface area (Å²) in [6.07, 6.45) is 7.48. The number of hydrogen-bond donors (Lipinski definition) is 1. The Labute approximate surface area is 133 Å². The summed E-state index contributed by atoms with van der Waals surface area (Å²) in [5.74, 6) is 0.145. The van der Waals surface area contributed by atoms with Gasteiger partial charge in [-0.1, -0.05) is 19.8 Å². The van der Waals surface area contributed by atoms with E-state index < -0.39 is 7.60 Å². The maximum Gasteiger partial charge on any atom is 0.327 e. The Bertz CT molecular complexity index is 328. The summed E-state index contributed by atoms with van der Waals surface area (Å²) in [6.45, 7) is 4.80. The van der Waals surface area contributed by atoms with Crippen LogP contribution in [0.25, 0.3) is 0 Å². The van der Waals surface area contributed by atoms with Gasteiger partial charge in [-0.05, 0) is 25.5 Å². The van der Waals surface area contributed by atoms with Gasteiger partial charge in [0.2, 0.25) is 5.91 Å². The van der Waals surface area contributed by atoms with E-state index in [0.29, 0.717) is 18.3 Å². The number of nitrogens with one attached hydrogen (secondary N) is 1. The standard InChI is InChI=1S/C14H30NO4PS/c1-13(21-4)9-10-14(16)15-11-7-5-6-8-12-19-20(3,17)18-2/h13H,5-12H2,1-4H3,(H,15,16). The molecule has 0 aromatic heterocycles. The van der Waals surface area contributed by atoms with E-state index in [1.807, 2.05) is 0 Å². The SMILES string of the molecule is COP(C)(=O)OCCCCCCNC(=O)CCC(C)SC. The number of amides is 1. The van der Waals surface area contributed by atoms with Gasteiger partial charge in [-0.25, -0.2) is 0 Å². The van der Waals surface area contributed by atoms with Crippen LogP contribution in [0.2, 0.25) is 0 Å². The van der Waals surface area contributed by atoms with E-state index in [1.54, 1.807) is 11.8 Å². The van der Waals surface area contributed by atoms with Crippen molar-refractivity contribution >= 4 is 25.3 Å². The van der Waals surface area contributed by atoms with Crippen LogP contribution in [0.3, 0.4) is 0 Å². The Balaban J connectivity index is 3.36. The fraction of sp³-hybridized carbons (Fsp3) is 0.929. The second-order valence-electron chi connectivity index (χ2n) is 5.14. The van der Waals surface area contributed by atoms with Crippen LogP contribution in [0.5, 0.6) is 0 Å². The zero-order valence-corrected chi connectivity index (χ0v) is 15.4. The third kappa shape index (κ3) is 13.4. The molecule has 0 bridgehead atoms. The van der Waals surface area contributed by atoms with Crippen molar-refractivity contribution in [2.75, 3.05) is 33.2 Å². The van der Waals surface area contributed by atoms with Gasteiger partial charge in [-0.3, -0.25) is 9.36 Å². The van der Waals surface area contributed by atoms with Crippen molar-refractivity contribution in [3.05, 3.63) is 0 Å². The van der Waals surface area contributed by atoms with Crippen LogP contribution in [-0.2, 0) is 18.4 Å². The monoisotopic (exact) mass is 339 g/mol. The summed E-state index contributed by atoms with van der Waals surface area (Å²) in [5.41, 5.74) is 0. The molecule has 7 heteroatoms. The van der Waals surface area contributed by atoms with Crippen molar-refractivity contribution in [2.45, 2.75) is 50.7 Å². The van der Waals surface area contributed by atoms with Gasteiger partial charge in [-0.2, -0.15) is 11.8 Å². The average molecular weight is 339 g/mol. The number of carbonyl (C=O) groups excluding carboxylic acids is 1. The number of unbranched alkanes of at least 4 members (excludes halogenated alkanes) is 3. The maximum absolute atomic E-state index is 11.6. The van der Waals surface area contributed by atoms with Crippen LogP contribution in [0.15, 0.2) is 0 Å². The maximum atomic E-state index is 11.6. The van der Waals surface area contributed by atoms with Crippen molar-refractivity contribution in [3.63, 3.8) is 0 Å². The highest BCUT2D eigenvalue weighted by Crippen LogP contribution is 2.42. The van der Waals surface area contributed by atoms with Crippen LogP contribution in [0.1, 0.15) is 45.4 Å². The Hall–Kier alpha value is -0.0300. The van der Waals surface area contributed by atoms with Gasteiger partial charge in [0.1, 0.15) is 0 Å². The van der Waals surface area contributed by atoms with E-state index in [1.165, 1.54) is 13.8 Å². The van der Waals surface area contributed by atoms with Gasteiger partial charge >= 0.3 is 7.60 Å². The van der Waals surface area contributed by atoms with E-state index in [0.717, 1.165) is 38.6 Å². The first-order chi connectivity index (χ1) is 9.91. The molecule has 0 aliphatic carbocycles. The van der Waals surface area contributed by atoms with E-state index in [-0.39, 0.29) is 5.91 Å². The molecule has 0 saturated heterocycles. The summed E-state index contributed by atoms with van der Waals surface area (Å²) in [6, 6.07) is 0. The molecule has 1 amide bonds. The zero-order valence-electron chi connectivity index (χ0n) is 13.7. The third-order valence-electron chi connectivity index (χ3n) is 3.23. The summed E-state index contributed by atoms with van der Waals surface area (Å²) in [4.78, 5) is 11.6. The normalized spacial score (nSPS) is 15.4. The molecule has 0 spiro atoms. The highest BCUT2D eigenvalue weighted by atomic mass is 32.2. The summed E-state index contributed by atoms with van der Waals surface area (Å²) in [5, 5.41) is 3.48. The van der Waals surface area contributed by atoms with Gasteiger partial charge in [0.25, 0.3) is 0 Å². The molecule has 5 nitrogen and oxygen atoms in total. The summed E-state index contributed by atoms with van der Waals surface area (Å²) >= 11 is 1.79. The fourth-order valence-electron chi connectivity index (χ4n) is 1.63. The number of hydrogen-bond acceptors (Lipinski definition) is 5. The molecule has 2 atom stereocenters. The third-order valence-corrected chi connectivity index (χ3v) is 5.59. The molecule has 0 aromatic rings. The van der Waals surface area contributed by atoms with Crippen molar-refractivity contribution in [3.8, 4) is 0 Å². The van der Waals surface area contributed by atoms with E-state index >= 15 is 0 Å². The van der Waals surface area contributed by atoms with Crippen LogP contribution in [0, 0.1) is 0 Å². The molecule has 126 valence electrons. The fourth-order valence-corrected chi connectivity index (χ4v) is 2.55. The molecule has 0 radical (unpaired) electrons. The highest BCUT2D eigenvalue weighted by Gasteiger charge is 2.12. The lowest BCUT2D eigenvalue weighted by Crippen LogP contribution is -2.24. The molecule has 0 fully saturated rings. The van der Waals surface area contributed by atoms with Gasteiger partial charge < -0.3 is 14.4 Å². The molecule has 21 heavy (non-hydrogen) atoms. The highest BCUT2D eigenvalue weighted by molar-refractivity contribution is 7.99. The van der Waals surface area contributed by atoms with Gasteiger partial charge in [-0.15, -0.1) is 0 Å². The minimum Gasteiger partial charge on any atom is -0.356 e. The molecular weight excluding hydrogens is 309 g/mol. The Morgan fingerprint density at radius 2 is 1.95 bits per heavy atom. The molecule has 0 aromatic carbocycles. The largest absolute Gasteiger partial charge is 0.356 e. The lowest BCUT2D eigenvalue weighted by Gasteiger charge is -2.11. The quantitative estimate of drug-likeness (QED) is 0.410. The molecule has 0 aliphatic rings. The molecule has 1 N–H and O–H groups in total. The molecule has 0 rings (SSSR count). The van der Waals surface area contributed by atoms with Crippen LogP contribution in [-0.4, -0.2) is 44.3 Å². The van der Waals surface area contributed by atoms with Gasteiger partial charge in [0.15, 0.2) is 0 Å². The minimum absolute atomic E-state index is 0.145. The van der Waals surface area contributed by atoms with Crippen LogP contribution >= 0.6 is 19.4 Å². The average Bonchev–Trinajstić information content (AvgIpc) is 2.47. The summed E-state index contributed by atoms with van der Waals surface area (Å²) in [7, 11) is -1.43. The number of thioether (sulfide) groups is 1. The zero-order chi connectivity index (χ0) is 16.1. The van der Waals surface area contributed by atoms with Crippen LogP contribution < -0.4 is 5.32 Å². The first-order valence-corrected chi connectivity index (χ1v) is 10.8. The first-order valence-electron chi connectivity index (χ1n) is 7.48. The van der Waals surface area contributed by atoms with Crippen LogP contribution in [0.4, 0.5) is 0 Å². The van der Waals surface area contributed by atoms with Gasteiger partial charge in [0, 0.05) is 32.0 Å². The number of carbonyl (C=O) groups is 1. The van der Waals surface area contributed by atoms with Crippen molar-refractivity contribution in [1.82, 2.24) is 5.32 Å². The first kappa shape index (κ1) is 21.0. The molecular formula is C14H30NO4PS. The smallest absolute Gasteiger partial charge is 0.327 e. The second-order valence-corrected chi connectivity index (χ2v) is 8.58. The Morgan fingerprint density at radius 1 is 1.29 bits per heavy atom. The van der Waals surface area contributed by atoms with E-state index in [2.05, 4.69) is 18.5 Å².